The molecule has 10 nitrogen and oxygen atoms in total. The number of rotatable bonds is 6. The van der Waals surface area contributed by atoms with Crippen molar-refractivity contribution in [2.24, 2.45) is 4.99 Å². The zero-order valence-electron chi connectivity index (χ0n) is 16.8. The Labute approximate surface area is 209 Å². The summed E-state index contributed by atoms with van der Waals surface area (Å²) in [7, 11) is 0. The largest absolute Gasteiger partial charge is 0.450 e. The van der Waals surface area contributed by atoms with Crippen molar-refractivity contribution in [1.82, 2.24) is 0 Å². The van der Waals surface area contributed by atoms with Gasteiger partial charge in [-0.15, -0.1) is 0 Å². The van der Waals surface area contributed by atoms with Crippen molar-refractivity contribution in [1.29, 1.82) is 0 Å². The molecule has 3 aromatic carbocycles. The number of halogens is 2. The summed E-state index contributed by atoms with van der Waals surface area (Å²) in [5.74, 6) is -0.426. The van der Waals surface area contributed by atoms with Crippen LogP contribution >= 0.6 is 34.2 Å². The van der Waals surface area contributed by atoms with E-state index in [1.165, 1.54) is 18.2 Å². The molecule has 0 unspecified atom stereocenters. The van der Waals surface area contributed by atoms with Crippen molar-refractivity contribution in [3.63, 3.8) is 0 Å². The van der Waals surface area contributed by atoms with Gasteiger partial charge < -0.3 is 9.47 Å². The van der Waals surface area contributed by atoms with E-state index in [-0.39, 0.29) is 23.1 Å². The molecule has 0 fully saturated rings. The Morgan fingerprint density at radius 1 is 1.00 bits per heavy atom. The quantitative estimate of drug-likeness (QED) is 0.115. The second-order valence-electron chi connectivity index (χ2n) is 6.80. The van der Waals surface area contributed by atoms with Crippen LogP contribution in [-0.2, 0) is 9.53 Å². The van der Waals surface area contributed by atoms with Crippen molar-refractivity contribution in [2.45, 2.75) is 0 Å². The Kier molecular flexibility index (Phi) is 6.56. The lowest BCUT2D eigenvalue weighted by Crippen LogP contribution is -2.06. The molecule has 0 aromatic heterocycles. The summed E-state index contributed by atoms with van der Waals surface area (Å²) in [6.07, 6.45) is 1.51. The van der Waals surface area contributed by atoms with Crippen LogP contribution < -0.4 is 4.74 Å². The van der Waals surface area contributed by atoms with Gasteiger partial charge in [0.25, 0.3) is 5.69 Å². The van der Waals surface area contributed by atoms with E-state index in [0.29, 0.717) is 16.1 Å². The predicted molar refractivity (Wildman–Crippen MR) is 131 cm³/mol. The third-order valence-electron chi connectivity index (χ3n) is 4.54. The van der Waals surface area contributed by atoms with Crippen LogP contribution in [0.25, 0.3) is 6.08 Å². The van der Waals surface area contributed by atoms with E-state index in [1.807, 2.05) is 6.07 Å². The van der Waals surface area contributed by atoms with Gasteiger partial charge in [-0.2, -0.15) is 0 Å². The van der Waals surface area contributed by atoms with Crippen molar-refractivity contribution >= 4 is 63.5 Å². The molecule has 1 aliphatic rings. The maximum atomic E-state index is 12.3. The molecule has 12 heteroatoms. The van der Waals surface area contributed by atoms with Crippen molar-refractivity contribution < 1.29 is 24.1 Å². The molecule has 0 bridgehead atoms. The third-order valence-corrected chi connectivity index (χ3v) is 5.54. The van der Waals surface area contributed by atoms with Crippen molar-refractivity contribution in [3.8, 4) is 11.5 Å². The molecule has 34 heavy (non-hydrogen) atoms. The third kappa shape index (κ3) is 5.05. The second kappa shape index (κ2) is 9.57. The highest BCUT2D eigenvalue weighted by Gasteiger charge is 2.26. The smallest absolute Gasteiger partial charge is 0.363 e. The first kappa shape index (κ1) is 23.3. The van der Waals surface area contributed by atoms with E-state index < -0.39 is 27.2 Å². The van der Waals surface area contributed by atoms with Crippen LogP contribution in [0.2, 0.25) is 5.02 Å². The van der Waals surface area contributed by atoms with Crippen LogP contribution in [0.3, 0.4) is 0 Å². The minimum Gasteiger partial charge on any atom is -0.450 e. The molecule has 0 atom stereocenters. The van der Waals surface area contributed by atoms with Crippen LogP contribution in [0.4, 0.5) is 11.4 Å². The van der Waals surface area contributed by atoms with E-state index in [4.69, 9.17) is 21.1 Å². The maximum Gasteiger partial charge on any atom is 0.363 e. The summed E-state index contributed by atoms with van der Waals surface area (Å²) in [4.78, 5) is 37.1. The van der Waals surface area contributed by atoms with Gasteiger partial charge in [0, 0.05) is 9.64 Å². The van der Waals surface area contributed by atoms with Gasteiger partial charge in [-0.05, 0) is 70.6 Å². The van der Waals surface area contributed by atoms with E-state index in [2.05, 4.69) is 27.6 Å². The van der Waals surface area contributed by atoms with Gasteiger partial charge in [0.05, 0.1) is 26.5 Å². The summed E-state index contributed by atoms with van der Waals surface area (Å²) < 4.78 is 11.7. The van der Waals surface area contributed by atoms with E-state index in [1.54, 1.807) is 24.3 Å². The van der Waals surface area contributed by atoms with Crippen molar-refractivity contribution in [2.75, 3.05) is 0 Å². The molecular formula is C22H11ClIN3O7. The standard InChI is InChI=1S/C22H11ClIN3O7/c23-17-7-3-13(24)10-16(17)21-25-18(22(28)34-21)9-12-1-5-15(6-2-12)33-20-8-4-14(26(29)30)11-19(20)27(31)32/h1-11H/b18-9+. The number of hydrogen-bond donors (Lipinski definition) is 0. The zero-order chi connectivity index (χ0) is 24.4. The Bertz CT molecular complexity index is 1400. The molecule has 0 amide bonds. The molecule has 170 valence electrons. The number of cyclic esters (lactones) is 1. The fourth-order valence-electron chi connectivity index (χ4n) is 2.95. The Hall–Kier alpha value is -3.84. The van der Waals surface area contributed by atoms with Crippen LogP contribution in [-0.4, -0.2) is 21.7 Å². The van der Waals surface area contributed by atoms with Crippen LogP contribution in [0.15, 0.2) is 71.4 Å². The lowest BCUT2D eigenvalue weighted by Gasteiger charge is -2.06. The molecule has 0 saturated carbocycles. The number of esters is 1. The van der Waals surface area contributed by atoms with E-state index in [0.717, 1.165) is 21.8 Å². The number of benzene rings is 3. The normalized spacial score (nSPS) is 14.0. The highest BCUT2D eigenvalue weighted by molar-refractivity contribution is 14.1. The number of carbonyl (C=O) groups excluding carboxylic acids is 1. The summed E-state index contributed by atoms with van der Waals surface area (Å²) in [5, 5.41) is 22.5. The number of nitro groups is 2. The minimum atomic E-state index is -0.761. The fraction of sp³-hybridized carbons (Fsp3) is 0. The van der Waals surface area contributed by atoms with Crippen LogP contribution in [0.1, 0.15) is 11.1 Å². The Morgan fingerprint density at radius 2 is 1.74 bits per heavy atom. The molecule has 0 spiro atoms. The molecule has 0 saturated heterocycles. The molecule has 0 N–H and O–H groups in total. The number of aliphatic imine (C=N–C) groups is 1. The topological polar surface area (TPSA) is 134 Å². The van der Waals surface area contributed by atoms with Crippen LogP contribution in [0.5, 0.6) is 11.5 Å². The summed E-state index contributed by atoms with van der Waals surface area (Å²) in [5.41, 5.74) is 0.209. The molecule has 1 heterocycles. The first-order chi connectivity index (χ1) is 16.2. The van der Waals surface area contributed by atoms with Gasteiger partial charge in [-0.1, -0.05) is 23.7 Å². The number of non-ortho nitro benzene ring substituents is 1. The number of nitro benzene ring substituents is 2. The van der Waals surface area contributed by atoms with Gasteiger partial charge in [-0.3, -0.25) is 20.2 Å². The number of carbonyl (C=O) groups is 1. The van der Waals surface area contributed by atoms with E-state index >= 15 is 0 Å². The zero-order valence-corrected chi connectivity index (χ0v) is 19.7. The molecule has 3 aromatic rings. The van der Waals surface area contributed by atoms with Gasteiger partial charge in [0.2, 0.25) is 11.6 Å². The average molecular weight is 592 g/mol. The Balaban J connectivity index is 1.56. The first-order valence-corrected chi connectivity index (χ1v) is 10.9. The SMILES string of the molecule is O=C1OC(c2cc(I)ccc2Cl)=N/C1=C/c1ccc(Oc2ccc([N+](=O)[O-])cc2[N+](=O)[O-])cc1. The molecular weight excluding hydrogens is 581 g/mol. The molecule has 4 rings (SSSR count). The summed E-state index contributed by atoms with van der Waals surface area (Å²) >= 11 is 8.30. The summed E-state index contributed by atoms with van der Waals surface area (Å²) in [6.45, 7) is 0. The molecule has 0 radical (unpaired) electrons. The van der Waals surface area contributed by atoms with Crippen LogP contribution in [0, 0.1) is 23.8 Å². The number of hydrogen-bond acceptors (Lipinski definition) is 8. The second-order valence-corrected chi connectivity index (χ2v) is 8.45. The highest BCUT2D eigenvalue weighted by Crippen LogP contribution is 2.34. The lowest BCUT2D eigenvalue weighted by molar-refractivity contribution is -0.394. The van der Waals surface area contributed by atoms with Gasteiger partial charge in [0.15, 0.2) is 5.70 Å². The van der Waals surface area contributed by atoms with Gasteiger partial charge >= 0.3 is 11.7 Å². The first-order valence-electron chi connectivity index (χ1n) is 9.40. The molecule has 0 aliphatic carbocycles. The fourth-order valence-corrected chi connectivity index (χ4v) is 3.64. The van der Waals surface area contributed by atoms with Gasteiger partial charge in [-0.25, -0.2) is 9.79 Å². The average Bonchev–Trinajstić information content (AvgIpc) is 3.16. The monoisotopic (exact) mass is 591 g/mol. The maximum absolute atomic E-state index is 12.3. The lowest BCUT2D eigenvalue weighted by atomic mass is 10.2. The van der Waals surface area contributed by atoms with E-state index in [9.17, 15) is 25.0 Å². The highest BCUT2D eigenvalue weighted by atomic mass is 127. The number of ether oxygens (including phenoxy) is 2. The minimum absolute atomic E-state index is 0.0737. The number of nitrogens with zero attached hydrogens (tertiary/aromatic N) is 3. The van der Waals surface area contributed by atoms with Gasteiger partial charge in [0.1, 0.15) is 5.75 Å². The summed E-state index contributed by atoms with van der Waals surface area (Å²) in [6, 6.07) is 14.6. The van der Waals surface area contributed by atoms with Crippen molar-refractivity contribution in [3.05, 3.63) is 106 Å². The Morgan fingerprint density at radius 3 is 2.41 bits per heavy atom. The predicted octanol–water partition coefficient (Wildman–Crippen LogP) is 5.90. The molecule has 1 aliphatic heterocycles.